The van der Waals surface area contributed by atoms with Gasteiger partial charge in [-0.1, -0.05) is 13.8 Å². The smallest absolute Gasteiger partial charge is 0.321 e. The average molecular weight is 266 g/mol. The number of aromatic nitrogens is 1. The Hall–Kier alpha value is -0.950. The van der Waals surface area contributed by atoms with Crippen LogP contribution in [0.15, 0.2) is 6.20 Å². The summed E-state index contributed by atoms with van der Waals surface area (Å²) >= 11 is 0.338. The van der Waals surface area contributed by atoms with Gasteiger partial charge in [0.2, 0.25) is 0 Å². The Balaban J connectivity index is 2.80. The molecule has 0 saturated heterocycles. The number of hydrogen-bond acceptors (Lipinski definition) is 4. The summed E-state index contributed by atoms with van der Waals surface area (Å²) in [4.78, 5) is 14.8. The first-order valence-electron chi connectivity index (χ1n) is 5.04. The molecule has 96 valence electrons. The fourth-order valence-electron chi connectivity index (χ4n) is 1.32. The number of ketones is 1. The maximum absolute atomic E-state index is 12.3. The molecule has 1 aromatic heterocycles. The third-order valence-corrected chi connectivity index (χ3v) is 3.11. The van der Waals surface area contributed by atoms with Crippen molar-refractivity contribution in [3.8, 4) is 0 Å². The molecule has 0 radical (unpaired) electrons. The standard InChI is InChI=1S/C10H13F3N2OS/c1-5(2)3-6(14)8(16)7-4-15-9(17-7)10(11,12)13/h4-6H,3,14H2,1-2H3. The van der Waals surface area contributed by atoms with E-state index >= 15 is 0 Å². The summed E-state index contributed by atoms with van der Waals surface area (Å²) in [7, 11) is 0. The molecular weight excluding hydrogens is 253 g/mol. The second-order valence-corrected chi connectivity index (χ2v) is 5.16. The zero-order chi connectivity index (χ0) is 13.2. The zero-order valence-corrected chi connectivity index (χ0v) is 10.2. The number of carbonyl (C=O) groups is 1. The van der Waals surface area contributed by atoms with E-state index < -0.39 is 23.0 Å². The van der Waals surface area contributed by atoms with Crippen molar-refractivity contribution in [3.63, 3.8) is 0 Å². The van der Waals surface area contributed by atoms with Gasteiger partial charge in [0.25, 0.3) is 0 Å². The number of hydrogen-bond donors (Lipinski definition) is 1. The van der Waals surface area contributed by atoms with E-state index in [-0.39, 0.29) is 10.8 Å². The van der Waals surface area contributed by atoms with Crippen molar-refractivity contribution in [2.75, 3.05) is 0 Å². The van der Waals surface area contributed by atoms with Crippen LogP contribution in [0.5, 0.6) is 0 Å². The predicted molar refractivity (Wildman–Crippen MR) is 58.9 cm³/mol. The highest BCUT2D eigenvalue weighted by Gasteiger charge is 2.35. The highest BCUT2D eigenvalue weighted by molar-refractivity contribution is 7.13. The number of nitrogens with zero attached hydrogens (tertiary/aromatic N) is 1. The van der Waals surface area contributed by atoms with Crippen LogP contribution in [-0.2, 0) is 6.18 Å². The summed E-state index contributed by atoms with van der Waals surface area (Å²) in [5.41, 5.74) is 5.62. The van der Waals surface area contributed by atoms with Crippen molar-refractivity contribution in [1.82, 2.24) is 4.98 Å². The molecule has 1 aromatic rings. The Kier molecular flexibility index (Phi) is 4.26. The summed E-state index contributed by atoms with van der Waals surface area (Å²) in [5.74, 6) is -0.268. The van der Waals surface area contributed by atoms with E-state index in [1.54, 1.807) is 0 Å². The normalized spacial score (nSPS) is 14.1. The van der Waals surface area contributed by atoms with Crippen LogP contribution in [0.1, 0.15) is 34.9 Å². The SMILES string of the molecule is CC(C)CC(N)C(=O)c1cnc(C(F)(F)F)s1. The average Bonchev–Trinajstić information content (AvgIpc) is 2.63. The number of carbonyl (C=O) groups excluding carboxylic acids is 1. The highest BCUT2D eigenvalue weighted by atomic mass is 32.1. The molecule has 0 saturated carbocycles. The molecular formula is C10H13F3N2OS. The molecule has 1 heterocycles. The number of alkyl halides is 3. The van der Waals surface area contributed by atoms with Gasteiger partial charge in [-0.3, -0.25) is 4.79 Å². The Labute approximate surface area is 101 Å². The van der Waals surface area contributed by atoms with E-state index in [2.05, 4.69) is 4.98 Å². The van der Waals surface area contributed by atoms with Crippen LogP contribution >= 0.6 is 11.3 Å². The van der Waals surface area contributed by atoms with Crippen LogP contribution in [0.3, 0.4) is 0 Å². The fraction of sp³-hybridized carbons (Fsp3) is 0.600. The van der Waals surface area contributed by atoms with Crippen molar-refractivity contribution in [2.45, 2.75) is 32.5 Å². The second kappa shape index (κ2) is 5.14. The minimum atomic E-state index is -4.51. The minimum absolute atomic E-state index is 0.0366. The molecule has 1 unspecified atom stereocenters. The summed E-state index contributed by atoms with van der Waals surface area (Å²) in [5, 5.41) is -1.02. The van der Waals surface area contributed by atoms with Crippen LogP contribution in [-0.4, -0.2) is 16.8 Å². The maximum atomic E-state index is 12.3. The van der Waals surface area contributed by atoms with Crippen molar-refractivity contribution in [2.24, 2.45) is 11.7 Å². The van der Waals surface area contributed by atoms with Gasteiger partial charge in [0.05, 0.1) is 10.9 Å². The van der Waals surface area contributed by atoms with E-state index in [0.29, 0.717) is 17.8 Å². The lowest BCUT2D eigenvalue weighted by Gasteiger charge is -2.11. The third kappa shape index (κ3) is 3.78. The summed E-state index contributed by atoms with van der Waals surface area (Å²) in [6, 6.07) is -0.767. The lowest BCUT2D eigenvalue weighted by Crippen LogP contribution is -2.31. The molecule has 0 amide bonds. The molecule has 0 aliphatic carbocycles. The summed E-state index contributed by atoms with van der Waals surface area (Å²) in [6.07, 6.45) is -3.13. The Morgan fingerprint density at radius 2 is 2.12 bits per heavy atom. The molecule has 1 rings (SSSR count). The summed E-state index contributed by atoms with van der Waals surface area (Å²) < 4.78 is 36.8. The van der Waals surface area contributed by atoms with Gasteiger partial charge >= 0.3 is 6.18 Å². The van der Waals surface area contributed by atoms with Crippen molar-refractivity contribution >= 4 is 17.1 Å². The molecule has 1 atom stereocenters. The molecule has 0 aromatic carbocycles. The molecule has 0 aliphatic heterocycles. The van der Waals surface area contributed by atoms with Gasteiger partial charge in [-0.25, -0.2) is 4.98 Å². The van der Waals surface area contributed by atoms with Gasteiger partial charge in [0.15, 0.2) is 10.8 Å². The number of Topliss-reactive ketones (excluding diaryl/α,β-unsaturated/α-hetero) is 1. The first-order chi connectivity index (χ1) is 7.71. The molecule has 0 spiro atoms. The number of rotatable bonds is 4. The molecule has 2 N–H and O–H groups in total. The van der Waals surface area contributed by atoms with Crippen LogP contribution in [0.25, 0.3) is 0 Å². The second-order valence-electron chi connectivity index (χ2n) is 4.13. The Morgan fingerprint density at radius 1 is 1.53 bits per heavy atom. The van der Waals surface area contributed by atoms with Crippen LogP contribution in [0.2, 0.25) is 0 Å². The molecule has 3 nitrogen and oxygen atoms in total. The first kappa shape index (κ1) is 14.1. The predicted octanol–water partition coefficient (Wildman–Crippen LogP) is 2.72. The molecule has 0 aliphatic rings. The zero-order valence-electron chi connectivity index (χ0n) is 9.41. The van der Waals surface area contributed by atoms with Gasteiger partial charge < -0.3 is 5.73 Å². The van der Waals surface area contributed by atoms with Crippen LogP contribution in [0.4, 0.5) is 13.2 Å². The van der Waals surface area contributed by atoms with E-state index in [4.69, 9.17) is 5.73 Å². The van der Waals surface area contributed by atoms with Gasteiger partial charge in [0, 0.05) is 6.20 Å². The quantitative estimate of drug-likeness (QED) is 0.852. The number of nitrogens with two attached hydrogens (primary N) is 1. The topological polar surface area (TPSA) is 56.0 Å². The lowest BCUT2D eigenvalue weighted by molar-refractivity contribution is -0.137. The van der Waals surface area contributed by atoms with Crippen molar-refractivity contribution in [1.29, 1.82) is 0 Å². The monoisotopic (exact) mass is 266 g/mol. The highest BCUT2D eigenvalue weighted by Crippen LogP contribution is 2.32. The van der Waals surface area contributed by atoms with Gasteiger partial charge in [0.1, 0.15) is 0 Å². The van der Waals surface area contributed by atoms with E-state index in [0.717, 1.165) is 6.20 Å². The van der Waals surface area contributed by atoms with Gasteiger partial charge in [-0.15, -0.1) is 11.3 Å². The number of thiazole rings is 1. The van der Waals surface area contributed by atoms with Crippen molar-refractivity contribution < 1.29 is 18.0 Å². The Bertz CT molecular complexity index is 401. The lowest BCUT2D eigenvalue weighted by atomic mass is 10.0. The fourth-order valence-corrected chi connectivity index (χ4v) is 2.10. The van der Waals surface area contributed by atoms with Gasteiger partial charge in [-0.2, -0.15) is 13.2 Å². The number of halogens is 3. The molecule has 0 bridgehead atoms. The summed E-state index contributed by atoms with van der Waals surface area (Å²) in [6.45, 7) is 3.78. The molecule has 17 heavy (non-hydrogen) atoms. The molecule has 7 heteroatoms. The van der Waals surface area contributed by atoms with E-state index in [9.17, 15) is 18.0 Å². The minimum Gasteiger partial charge on any atom is -0.321 e. The maximum Gasteiger partial charge on any atom is 0.443 e. The Morgan fingerprint density at radius 3 is 2.53 bits per heavy atom. The van der Waals surface area contributed by atoms with Crippen LogP contribution in [0, 0.1) is 5.92 Å². The van der Waals surface area contributed by atoms with E-state index in [1.807, 2.05) is 13.8 Å². The van der Waals surface area contributed by atoms with Gasteiger partial charge in [-0.05, 0) is 12.3 Å². The largest absolute Gasteiger partial charge is 0.443 e. The van der Waals surface area contributed by atoms with Crippen molar-refractivity contribution in [3.05, 3.63) is 16.1 Å². The third-order valence-electron chi connectivity index (χ3n) is 2.05. The van der Waals surface area contributed by atoms with Crippen LogP contribution < -0.4 is 5.73 Å². The van der Waals surface area contributed by atoms with E-state index in [1.165, 1.54) is 0 Å². The molecule has 0 fully saturated rings. The first-order valence-corrected chi connectivity index (χ1v) is 5.86.